The zero-order chi connectivity index (χ0) is 14.3. The molecule has 1 unspecified atom stereocenters. The van der Waals surface area contributed by atoms with Crippen LogP contribution >= 0.6 is 0 Å². The summed E-state index contributed by atoms with van der Waals surface area (Å²) in [5.74, 6) is 0.760. The molecule has 1 nitrogen and oxygen atoms in total. The number of hydrogen-bond donors (Lipinski definition) is 1. The molecule has 0 fully saturated rings. The van der Waals surface area contributed by atoms with Crippen molar-refractivity contribution in [3.63, 3.8) is 0 Å². The summed E-state index contributed by atoms with van der Waals surface area (Å²) >= 11 is 0. The van der Waals surface area contributed by atoms with E-state index in [-0.39, 0.29) is 11.5 Å². The van der Waals surface area contributed by atoms with Gasteiger partial charge in [-0.3, -0.25) is 0 Å². The number of rotatable bonds is 8. The molecule has 0 amide bonds. The van der Waals surface area contributed by atoms with Gasteiger partial charge in [-0.1, -0.05) is 70.9 Å². The predicted molar refractivity (Wildman–Crippen MR) is 85.4 cm³/mol. The molecule has 1 aromatic carbocycles. The molecule has 0 aliphatic carbocycles. The Morgan fingerprint density at radius 1 is 0.947 bits per heavy atom. The Morgan fingerprint density at radius 2 is 1.47 bits per heavy atom. The molecule has 108 valence electrons. The maximum atomic E-state index is 6.66. The van der Waals surface area contributed by atoms with E-state index >= 15 is 0 Å². The Kier molecular flexibility index (Phi) is 6.57. The average molecular weight is 261 g/mol. The topological polar surface area (TPSA) is 26.0 Å². The highest BCUT2D eigenvalue weighted by atomic mass is 14.7. The Morgan fingerprint density at radius 3 is 1.89 bits per heavy atom. The molecule has 1 rings (SSSR count). The molecule has 0 radical (unpaired) electrons. The van der Waals surface area contributed by atoms with Gasteiger partial charge in [0.15, 0.2) is 0 Å². The summed E-state index contributed by atoms with van der Waals surface area (Å²) in [7, 11) is 0. The van der Waals surface area contributed by atoms with E-state index in [2.05, 4.69) is 58.0 Å². The zero-order valence-electron chi connectivity index (χ0n) is 13.2. The molecular weight excluding hydrogens is 230 g/mol. The third kappa shape index (κ3) is 3.60. The lowest BCUT2D eigenvalue weighted by Gasteiger charge is -2.39. The number of nitrogens with two attached hydrogens (primary N) is 1. The van der Waals surface area contributed by atoms with E-state index in [0.717, 1.165) is 25.2 Å². The zero-order valence-corrected chi connectivity index (χ0v) is 13.2. The minimum atomic E-state index is 0.143. The monoisotopic (exact) mass is 261 g/mol. The summed E-state index contributed by atoms with van der Waals surface area (Å²) in [5, 5.41) is 0. The average Bonchev–Trinajstić information content (AvgIpc) is 2.47. The predicted octanol–water partition coefficient (Wildman–Crippen LogP) is 4.90. The molecule has 0 heterocycles. The van der Waals surface area contributed by atoms with Crippen LogP contribution in [0.25, 0.3) is 0 Å². The van der Waals surface area contributed by atoms with Gasteiger partial charge in [-0.15, -0.1) is 0 Å². The van der Waals surface area contributed by atoms with Gasteiger partial charge in [0.25, 0.3) is 0 Å². The van der Waals surface area contributed by atoms with Crippen LogP contribution in [0.4, 0.5) is 0 Å². The van der Waals surface area contributed by atoms with Gasteiger partial charge in [-0.25, -0.2) is 0 Å². The fourth-order valence-electron chi connectivity index (χ4n) is 3.37. The third-order valence-electron chi connectivity index (χ3n) is 5.06. The van der Waals surface area contributed by atoms with Gasteiger partial charge < -0.3 is 5.73 Å². The summed E-state index contributed by atoms with van der Waals surface area (Å²) in [6.07, 6.45) is 5.86. The Balaban J connectivity index is 2.99. The highest BCUT2D eigenvalue weighted by molar-refractivity contribution is 5.27. The second-order valence-corrected chi connectivity index (χ2v) is 5.75. The fraction of sp³-hybridized carbons (Fsp3) is 0.667. The molecule has 0 aliphatic heterocycles. The standard InChI is InChI=1S/C18H31N/c1-5-15(6-2)14-17(19)18(7-3,8-4)16-12-10-9-11-13-16/h9-13,15,17H,5-8,14,19H2,1-4H3. The molecule has 2 N–H and O–H groups in total. The normalized spacial score (nSPS) is 13.8. The van der Waals surface area contributed by atoms with Crippen molar-refractivity contribution in [1.29, 1.82) is 0 Å². The SMILES string of the molecule is CCC(CC)CC(N)C(CC)(CC)c1ccccc1. The van der Waals surface area contributed by atoms with Gasteiger partial charge in [0.05, 0.1) is 0 Å². The van der Waals surface area contributed by atoms with E-state index < -0.39 is 0 Å². The molecule has 0 spiro atoms. The lowest BCUT2D eigenvalue weighted by molar-refractivity contribution is 0.264. The number of benzene rings is 1. The molecule has 0 bridgehead atoms. The molecule has 0 aromatic heterocycles. The van der Waals surface area contributed by atoms with Crippen molar-refractivity contribution in [2.24, 2.45) is 11.7 Å². The van der Waals surface area contributed by atoms with Crippen LogP contribution in [-0.2, 0) is 5.41 Å². The first-order valence-electron chi connectivity index (χ1n) is 7.95. The molecule has 0 saturated carbocycles. The largest absolute Gasteiger partial charge is 0.327 e. The molecule has 19 heavy (non-hydrogen) atoms. The highest BCUT2D eigenvalue weighted by Crippen LogP contribution is 2.37. The van der Waals surface area contributed by atoms with Crippen molar-refractivity contribution in [3.05, 3.63) is 35.9 Å². The highest BCUT2D eigenvalue weighted by Gasteiger charge is 2.35. The second kappa shape index (κ2) is 7.69. The molecule has 0 saturated heterocycles. The van der Waals surface area contributed by atoms with Gasteiger partial charge in [0, 0.05) is 11.5 Å². The van der Waals surface area contributed by atoms with Crippen LogP contribution < -0.4 is 5.73 Å². The first-order valence-corrected chi connectivity index (χ1v) is 7.95. The Labute approximate surface area is 119 Å². The van der Waals surface area contributed by atoms with E-state index in [1.165, 1.54) is 18.4 Å². The quantitative estimate of drug-likeness (QED) is 0.708. The van der Waals surface area contributed by atoms with Crippen LogP contribution in [-0.4, -0.2) is 6.04 Å². The van der Waals surface area contributed by atoms with Crippen LogP contribution in [0, 0.1) is 5.92 Å². The van der Waals surface area contributed by atoms with Crippen LogP contribution in [0.5, 0.6) is 0 Å². The summed E-state index contributed by atoms with van der Waals surface area (Å²) in [5.41, 5.74) is 8.22. The van der Waals surface area contributed by atoms with Crippen molar-refractivity contribution in [2.75, 3.05) is 0 Å². The molecule has 1 atom stereocenters. The van der Waals surface area contributed by atoms with Gasteiger partial charge in [0.2, 0.25) is 0 Å². The molecule has 1 aromatic rings. The van der Waals surface area contributed by atoms with Crippen LogP contribution in [0.15, 0.2) is 30.3 Å². The van der Waals surface area contributed by atoms with Crippen molar-refractivity contribution in [1.82, 2.24) is 0 Å². The number of hydrogen-bond acceptors (Lipinski definition) is 1. The van der Waals surface area contributed by atoms with Crippen molar-refractivity contribution in [2.45, 2.75) is 71.3 Å². The van der Waals surface area contributed by atoms with E-state index in [4.69, 9.17) is 5.73 Å². The van der Waals surface area contributed by atoms with Crippen LogP contribution in [0.2, 0.25) is 0 Å². The Hall–Kier alpha value is -0.820. The molecular formula is C18H31N. The van der Waals surface area contributed by atoms with Crippen LogP contribution in [0.1, 0.15) is 65.4 Å². The maximum absolute atomic E-state index is 6.66. The van der Waals surface area contributed by atoms with Gasteiger partial charge in [0.1, 0.15) is 0 Å². The van der Waals surface area contributed by atoms with Gasteiger partial charge in [-0.05, 0) is 30.7 Å². The van der Waals surface area contributed by atoms with E-state index in [0.29, 0.717) is 0 Å². The molecule has 1 heteroatoms. The first-order chi connectivity index (χ1) is 9.14. The summed E-state index contributed by atoms with van der Waals surface area (Å²) in [4.78, 5) is 0. The summed E-state index contributed by atoms with van der Waals surface area (Å²) < 4.78 is 0. The minimum absolute atomic E-state index is 0.143. The summed E-state index contributed by atoms with van der Waals surface area (Å²) in [6.45, 7) is 9.12. The third-order valence-corrected chi connectivity index (χ3v) is 5.06. The lowest BCUT2D eigenvalue weighted by Crippen LogP contribution is -2.45. The van der Waals surface area contributed by atoms with E-state index in [1.54, 1.807) is 0 Å². The van der Waals surface area contributed by atoms with Crippen molar-refractivity contribution in [3.8, 4) is 0 Å². The minimum Gasteiger partial charge on any atom is -0.327 e. The fourth-order valence-corrected chi connectivity index (χ4v) is 3.37. The van der Waals surface area contributed by atoms with Crippen molar-refractivity contribution < 1.29 is 0 Å². The summed E-state index contributed by atoms with van der Waals surface area (Å²) in [6, 6.07) is 11.1. The van der Waals surface area contributed by atoms with Crippen molar-refractivity contribution >= 4 is 0 Å². The lowest BCUT2D eigenvalue weighted by atomic mass is 9.68. The maximum Gasteiger partial charge on any atom is 0.0139 e. The van der Waals surface area contributed by atoms with Gasteiger partial charge in [-0.2, -0.15) is 0 Å². The van der Waals surface area contributed by atoms with Crippen LogP contribution in [0.3, 0.4) is 0 Å². The van der Waals surface area contributed by atoms with Gasteiger partial charge >= 0.3 is 0 Å². The molecule has 0 aliphatic rings. The smallest absolute Gasteiger partial charge is 0.0139 e. The Bertz CT molecular complexity index is 336. The van der Waals surface area contributed by atoms with E-state index in [1.807, 2.05) is 0 Å². The first kappa shape index (κ1) is 16.2. The second-order valence-electron chi connectivity index (χ2n) is 5.75. The van der Waals surface area contributed by atoms with E-state index in [9.17, 15) is 0 Å².